The molecule has 8 rings (SSSR count). The molecule has 23 heteroatoms. The average molecular weight is 1050 g/mol. The Labute approximate surface area is 436 Å². The molecule has 4 aromatic carbocycles. The molecule has 0 aliphatic carbocycles. The fourth-order valence-electron chi connectivity index (χ4n) is 7.55. The van der Waals surface area contributed by atoms with Crippen LogP contribution in [0.2, 0.25) is 0 Å². The number of esters is 1. The number of benzene rings is 4. The Morgan fingerprint density at radius 1 is 0.597 bits per heavy atom. The van der Waals surface area contributed by atoms with Gasteiger partial charge in [-0.1, -0.05) is 74.0 Å². The van der Waals surface area contributed by atoms with Crippen molar-refractivity contribution in [3.8, 4) is 29.0 Å². The Morgan fingerprint density at radius 2 is 1.09 bits per heavy atom. The van der Waals surface area contributed by atoms with Crippen molar-refractivity contribution in [2.24, 2.45) is 11.8 Å². The molecule has 396 valence electrons. The lowest BCUT2D eigenvalue weighted by molar-refractivity contribution is -0.148. The third kappa shape index (κ3) is 14.3. The van der Waals surface area contributed by atoms with Gasteiger partial charge in [0.15, 0.2) is 0 Å². The highest BCUT2D eigenvalue weighted by Crippen LogP contribution is 2.26. The van der Waals surface area contributed by atoms with Crippen molar-refractivity contribution in [2.45, 2.75) is 60.0 Å². The smallest absolute Gasteiger partial charge is 0.387 e. The van der Waals surface area contributed by atoms with Gasteiger partial charge in [-0.25, -0.2) is 38.3 Å². The third-order valence-electron chi connectivity index (χ3n) is 11.7. The van der Waals surface area contributed by atoms with Crippen LogP contribution < -0.4 is 47.6 Å². The molecule has 4 aromatic heterocycles. The summed E-state index contributed by atoms with van der Waals surface area (Å²) in [7, 11) is 0. The number of aryl methyl sites for hydroxylation is 1. The van der Waals surface area contributed by atoms with Crippen molar-refractivity contribution in [3.05, 3.63) is 204 Å². The Bertz CT molecular complexity index is 3580. The van der Waals surface area contributed by atoms with Gasteiger partial charge in [0.05, 0.1) is 37.7 Å². The summed E-state index contributed by atoms with van der Waals surface area (Å²) in [4.78, 5) is 96.1. The fraction of sp³-hybridized carbons (Fsp3) is 0.222. The fourth-order valence-corrected chi connectivity index (χ4v) is 7.55. The summed E-state index contributed by atoms with van der Waals surface area (Å²) >= 11 is 0. The summed E-state index contributed by atoms with van der Waals surface area (Å²) in [5.74, 6) is -2.83. The molecule has 0 aliphatic rings. The van der Waals surface area contributed by atoms with Crippen LogP contribution in [-0.2, 0) is 46.9 Å². The Morgan fingerprint density at radius 3 is 1.57 bits per heavy atom. The molecule has 0 unspecified atom stereocenters. The maximum atomic E-state index is 14.1. The summed E-state index contributed by atoms with van der Waals surface area (Å²) < 4.78 is 50.6. The normalized spacial score (nSPS) is 11.9. The van der Waals surface area contributed by atoms with Crippen LogP contribution in [0.4, 0.5) is 32.1 Å². The van der Waals surface area contributed by atoms with E-state index in [1.165, 1.54) is 28.2 Å². The highest BCUT2D eigenvalue weighted by atomic mass is 19.3. The zero-order valence-corrected chi connectivity index (χ0v) is 41.6. The lowest BCUT2D eigenvalue weighted by Crippen LogP contribution is -2.44. The van der Waals surface area contributed by atoms with Crippen LogP contribution in [0.15, 0.2) is 159 Å². The van der Waals surface area contributed by atoms with Gasteiger partial charge in [-0.3, -0.25) is 18.7 Å². The number of aromatic nitrogens is 8. The van der Waals surface area contributed by atoms with Gasteiger partial charge in [0.25, 0.3) is 0 Å². The van der Waals surface area contributed by atoms with Gasteiger partial charge in [-0.15, -0.1) is 0 Å². The minimum absolute atomic E-state index is 0.00498. The van der Waals surface area contributed by atoms with E-state index in [2.05, 4.69) is 35.3 Å². The van der Waals surface area contributed by atoms with Crippen molar-refractivity contribution in [3.63, 3.8) is 0 Å². The molecule has 0 saturated carbocycles. The number of pyridine rings is 2. The van der Waals surface area contributed by atoms with E-state index in [1.54, 1.807) is 104 Å². The van der Waals surface area contributed by atoms with Crippen LogP contribution >= 0.6 is 0 Å². The van der Waals surface area contributed by atoms with Gasteiger partial charge in [0, 0.05) is 49.2 Å². The second-order valence-electron chi connectivity index (χ2n) is 17.6. The molecule has 21 nitrogen and oxygen atoms in total. The number of hydrogen-bond donors (Lipinski definition) is 3. The second-order valence-corrected chi connectivity index (χ2v) is 17.6. The number of nitrogens with one attached hydrogen (secondary N) is 2. The molecular formula is C54H50F2N10O11. The van der Waals surface area contributed by atoms with Crippen molar-refractivity contribution in [1.82, 2.24) is 38.2 Å². The lowest BCUT2D eigenvalue weighted by Gasteiger charge is -2.18. The van der Waals surface area contributed by atoms with E-state index in [9.17, 15) is 42.7 Å². The van der Waals surface area contributed by atoms with E-state index in [1.807, 2.05) is 31.2 Å². The number of carboxylic acid groups (broad SMARTS) is 1. The van der Waals surface area contributed by atoms with Gasteiger partial charge in [-0.2, -0.15) is 18.7 Å². The Balaban J connectivity index is 0.915. The molecule has 0 fully saturated rings. The molecule has 0 spiro atoms. The number of hydrogen-bond acceptors (Lipinski definition) is 16. The van der Waals surface area contributed by atoms with Crippen LogP contribution in [0.25, 0.3) is 0 Å². The largest absolute Gasteiger partial charge is 0.481 e. The highest BCUT2D eigenvalue weighted by molar-refractivity contribution is 5.72. The standard InChI is InChI=1S/C54H50F2N10O11/c1-33-7-9-37(10-8-33)31-63-50(60-39-15-19-41(20-16-39)75-44-6-4-5-26-57-44)62-52(71)66(54(63)73)30-35(3)47(69)74-27-25-36-11-13-38(14-12-36)32-64-49(61-51(70)65(53(64)72)29-34(2)46(67)68)59-40-17-21-42(22-18-40)76-45-24-23-43(28-58-45)77-48(55)56/h4-24,26,28,34-35,48H,25,27,29-32H2,1-3H3,(H,67,68)(H,59,61,70)(H,60,62,71)/t34-,35+/m0/s1. The first-order valence-electron chi connectivity index (χ1n) is 23.9. The number of anilines is 4. The number of carbonyl (C=O) groups is 2. The number of alkyl halides is 2. The topological polar surface area (TPSA) is 255 Å². The van der Waals surface area contributed by atoms with Crippen LogP contribution in [0.5, 0.6) is 29.0 Å². The van der Waals surface area contributed by atoms with E-state index < -0.39 is 59.7 Å². The molecule has 3 N–H and O–H groups in total. The SMILES string of the molecule is Cc1ccc(Cn2c(Nc3ccc(Oc4ccccn4)cc3)nc(=O)n(C[C@@H](C)C(=O)OCCc3ccc(Cn4c(Nc5ccc(Oc6ccc(OC(F)F)cn6)cc5)nc(=O)n(C[C@H](C)C(=O)O)c4=O)cc3)c2=O)cc1. The molecule has 2 atom stereocenters. The first-order chi connectivity index (χ1) is 37.0. The zero-order valence-electron chi connectivity index (χ0n) is 41.6. The summed E-state index contributed by atoms with van der Waals surface area (Å²) in [6.45, 7) is 1.00. The molecule has 0 saturated heterocycles. The van der Waals surface area contributed by atoms with Crippen LogP contribution in [0.3, 0.4) is 0 Å². The molecule has 0 aliphatic heterocycles. The van der Waals surface area contributed by atoms with Crippen molar-refractivity contribution in [2.75, 3.05) is 17.2 Å². The van der Waals surface area contributed by atoms with E-state index in [-0.39, 0.29) is 56.2 Å². The molecule has 0 radical (unpaired) electrons. The molecule has 8 aromatic rings. The average Bonchev–Trinajstić information content (AvgIpc) is 3.42. The first-order valence-corrected chi connectivity index (χ1v) is 23.9. The summed E-state index contributed by atoms with van der Waals surface area (Å²) in [6.07, 6.45) is 2.97. The Hall–Kier alpha value is -9.80. The number of rotatable bonds is 23. The predicted octanol–water partition coefficient (Wildman–Crippen LogP) is 7.13. The maximum absolute atomic E-state index is 14.1. The van der Waals surface area contributed by atoms with Gasteiger partial charge in [0.2, 0.25) is 23.7 Å². The van der Waals surface area contributed by atoms with Crippen molar-refractivity contribution < 1.29 is 42.4 Å². The molecular weight excluding hydrogens is 1000 g/mol. The predicted molar refractivity (Wildman–Crippen MR) is 277 cm³/mol. The minimum Gasteiger partial charge on any atom is -0.481 e. The lowest BCUT2D eigenvalue weighted by atomic mass is 10.1. The van der Waals surface area contributed by atoms with E-state index in [0.717, 1.165) is 32.0 Å². The van der Waals surface area contributed by atoms with Crippen LogP contribution in [0.1, 0.15) is 36.1 Å². The number of aliphatic carboxylic acids is 1. The van der Waals surface area contributed by atoms with Crippen LogP contribution in [-0.4, -0.2) is 68.5 Å². The highest BCUT2D eigenvalue weighted by Gasteiger charge is 2.22. The van der Waals surface area contributed by atoms with E-state index >= 15 is 0 Å². The maximum Gasteiger partial charge on any atom is 0.387 e. The summed E-state index contributed by atoms with van der Waals surface area (Å²) in [6, 6.07) is 35.5. The quantitative estimate of drug-likeness (QED) is 0.0538. The number of ether oxygens (including phenoxy) is 4. The Kier molecular flexibility index (Phi) is 17.0. The van der Waals surface area contributed by atoms with Gasteiger partial charge >= 0.3 is 41.3 Å². The second kappa shape index (κ2) is 24.5. The molecule has 0 amide bonds. The number of halogens is 2. The number of carbonyl (C=O) groups excluding carboxylic acids is 1. The zero-order chi connectivity index (χ0) is 54.6. The van der Waals surface area contributed by atoms with Gasteiger partial charge in [-0.05, 0) is 84.3 Å². The first kappa shape index (κ1) is 53.5. The monoisotopic (exact) mass is 1050 g/mol. The number of carboxylic acids is 1. The molecule has 4 heterocycles. The summed E-state index contributed by atoms with van der Waals surface area (Å²) in [5.41, 5.74) is 0.714. The number of nitrogens with zero attached hydrogens (tertiary/aromatic N) is 8. The summed E-state index contributed by atoms with van der Waals surface area (Å²) in [5, 5.41) is 15.6. The minimum atomic E-state index is -3.01. The van der Waals surface area contributed by atoms with Crippen molar-refractivity contribution in [1.29, 1.82) is 0 Å². The van der Waals surface area contributed by atoms with E-state index in [4.69, 9.17) is 14.2 Å². The van der Waals surface area contributed by atoms with Crippen molar-refractivity contribution >= 4 is 35.2 Å². The van der Waals surface area contributed by atoms with E-state index in [0.29, 0.717) is 34.3 Å². The molecule has 77 heavy (non-hydrogen) atoms. The van der Waals surface area contributed by atoms with Crippen LogP contribution in [0, 0.1) is 18.8 Å². The molecule has 0 bridgehead atoms. The van der Waals surface area contributed by atoms with Gasteiger partial charge < -0.3 is 34.7 Å². The van der Waals surface area contributed by atoms with Gasteiger partial charge in [0.1, 0.15) is 17.2 Å². The third-order valence-corrected chi connectivity index (χ3v) is 11.7.